The fraction of sp³-hybridized carbons (Fsp3) is 0. The van der Waals surface area contributed by atoms with Crippen LogP contribution in [0.3, 0.4) is 0 Å². The summed E-state index contributed by atoms with van der Waals surface area (Å²) in [6, 6.07) is 14.5. The maximum absolute atomic E-state index is 11.8. The summed E-state index contributed by atoms with van der Waals surface area (Å²) in [4.78, 5) is 11.8. The van der Waals surface area contributed by atoms with Gasteiger partial charge in [-0.25, -0.2) is 0 Å². The Kier molecular flexibility index (Phi) is 4.77. The number of carbonyl (C=O) groups excluding carboxylic acids is 1. The molecule has 2 rings (SSSR count). The Morgan fingerprint density at radius 2 is 1.68 bits per heavy atom. The van der Waals surface area contributed by atoms with E-state index in [1.807, 2.05) is 24.3 Å². The standard InChI is InChI=1S/C15H11BrClNO/c16-12-3-7-14(8-4-12)18-10-9-15(19)11-1-5-13(17)6-2-11/h1-10,18H. The lowest BCUT2D eigenvalue weighted by molar-refractivity contribution is 0.104. The normalized spacial score (nSPS) is 10.6. The topological polar surface area (TPSA) is 29.1 Å². The molecule has 0 heterocycles. The molecule has 2 nitrogen and oxygen atoms in total. The summed E-state index contributed by atoms with van der Waals surface area (Å²) in [5, 5.41) is 3.65. The van der Waals surface area contributed by atoms with Crippen molar-refractivity contribution in [3.63, 3.8) is 0 Å². The highest BCUT2D eigenvalue weighted by molar-refractivity contribution is 9.10. The summed E-state index contributed by atoms with van der Waals surface area (Å²) in [5.74, 6) is -0.0683. The van der Waals surface area contributed by atoms with E-state index >= 15 is 0 Å². The fourth-order valence-electron chi connectivity index (χ4n) is 1.47. The number of carbonyl (C=O) groups is 1. The van der Waals surface area contributed by atoms with Crippen molar-refractivity contribution in [2.45, 2.75) is 0 Å². The first-order chi connectivity index (χ1) is 9.15. The first-order valence-electron chi connectivity index (χ1n) is 5.64. The number of allylic oxidation sites excluding steroid dienone is 1. The van der Waals surface area contributed by atoms with Crippen molar-refractivity contribution in [1.29, 1.82) is 0 Å². The van der Waals surface area contributed by atoms with Gasteiger partial charge in [-0.05, 0) is 48.5 Å². The highest BCUT2D eigenvalue weighted by atomic mass is 79.9. The molecular formula is C15H11BrClNO. The van der Waals surface area contributed by atoms with Crippen molar-refractivity contribution >= 4 is 39.0 Å². The summed E-state index contributed by atoms with van der Waals surface area (Å²) in [7, 11) is 0. The minimum Gasteiger partial charge on any atom is -0.362 e. The minimum absolute atomic E-state index is 0.0683. The van der Waals surface area contributed by atoms with E-state index in [1.54, 1.807) is 30.5 Å². The van der Waals surface area contributed by atoms with Gasteiger partial charge in [0.25, 0.3) is 0 Å². The predicted octanol–water partition coefficient (Wildman–Crippen LogP) is 4.91. The monoisotopic (exact) mass is 335 g/mol. The van der Waals surface area contributed by atoms with Crippen LogP contribution in [0.4, 0.5) is 5.69 Å². The number of rotatable bonds is 4. The van der Waals surface area contributed by atoms with Crippen molar-refractivity contribution in [2.75, 3.05) is 5.32 Å². The molecule has 0 saturated carbocycles. The molecule has 0 amide bonds. The van der Waals surface area contributed by atoms with Crippen LogP contribution in [0.25, 0.3) is 0 Å². The first kappa shape index (κ1) is 13.8. The molecule has 0 bridgehead atoms. The van der Waals surface area contributed by atoms with Crippen molar-refractivity contribution in [1.82, 2.24) is 0 Å². The SMILES string of the molecule is O=C(C=CNc1ccc(Br)cc1)c1ccc(Cl)cc1. The highest BCUT2D eigenvalue weighted by Gasteiger charge is 2.00. The van der Waals surface area contributed by atoms with Gasteiger partial charge in [-0.3, -0.25) is 4.79 Å². The van der Waals surface area contributed by atoms with E-state index in [1.165, 1.54) is 6.08 Å². The van der Waals surface area contributed by atoms with E-state index in [-0.39, 0.29) is 5.78 Å². The van der Waals surface area contributed by atoms with Crippen LogP contribution in [0, 0.1) is 0 Å². The zero-order valence-electron chi connectivity index (χ0n) is 9.94. The highest BCUT2D eigenvalue weighted by Crippen LogP contribution is 2.14. The third-order valence-corrected chi connectivity index (χ3v) is 3.24. The molecule has 0 aliphatic heterocycles. The Morgan fingerprint density at radius 1 is 1.05 bits per heavy atom. The van der Waals surface area contributed by atoms with Crippen LogP contribution in [-0.4, -0.2) is 5.78 Å². The molecule has 0 aliphatic carbocycles. The van der Waals surface area contributed by atoms with Gasteiger partial charge in [0, 0.05) is 33.0 Å². The number of anilines is 1. The van der Waals surface area contributed by atoms with Crippen molar-refractivity contribution in [3.8, 4) is 0 Å². The van der Waals surface area contributed by atoms with E-state index in [4.69, 9.17) is 11.6 Å². The lowest BCUT2D eigenvalue weighted by Crippen LogP contribution is -1.95. The molecule has 0 aliphatic rings. The maximum atomic E-state index is 11.8. The second-order valence-corrected chi connectivity index (χ2v) is 5.21. The van der Waals surface area contributed by atoms with Crippen LogP contribution in [0.5, 0.6) is 0 Å². The van der Waals surface area contributed by atoms with Gasteiger partial charge in [0.1, 0.15) is 0 Å². The summed E-state index contributed by atoms with van der Waals surface area (Å²) < 4.78 is 1.01. The van der Waals surface area contributed by atoms with Gasteiger partial charge in [0.15, 0.2) is 5.78 Å². The lowest BCUT2D eigenvalue weighted by atomic mass is 10.1. The Bertz CT molecular complexity index is 591. The van der Waals surface area contributed by atoms with Gasteiger partial charge < -0.3 is 5.32 Å². The zero-order chi connectivity index (χ0) is 13.7. The van der Waals surface area contributed by atoms with Gasteiger partial charge >= 0.3 is 0 Å². The molecule has 2 aromatic carbocycles. The fourth-order valence-corrected chi connectivity index (χ4v) is 1.86. The third kappa shape index (κ3) is 4.23. The first-order valence-corrected chi connectivity index (χ1v) is 6.81. The molecule has 4 heteroatoms. The molecule has 2 aromatic rings. The van der Waals surface area contributed by atoms with Crippen molar-refractivity contribution < 1.29 is 4.79 Å². The minimum atomic E-state index is -0.0683. The van der Waals surface area contributed by atoms with Crippen molar-refractivity contribution in [3.05, 3.63) is 75.9 Å². The van der Waals surface area contributed by atoms with E-state index in [0.717, 1.165) is 10.2 Å². The Morgan fingerprint density at radius 3 is 2.32 bits per heavy atom. The molecular weight excluding hydrogens is 326 g/mol. The van der Waals surface area contributed by atoms with E-state index in [9.17, 15) is 4.79 Å². The van der Waals surface area contributed by atoms with E-state index in [2.05, 4.69) is 21.2 Å². The predicted molar refractivity (Wildman–Crippen MR) is 82.7 cm³/mol. The smallest absolute Gasteiger partial charge is 0.187 e. The average Bonchev–Trinajstić information content (AvgIpc) is 2.41. The zero-order valence-corrected chi connectivity index (χ0v) is 12.3. The summed E-state index contributed by atoms with van der Waals surface area (Å²) in [6.45, 7) is 0. The Balaban J connectivity index is 1.97. The number of hydrogen-bond donors (Lipinski definition) is 1. The van der Waals surface area contributed by atoms with Gasteiger partial charge in [-0.2, -0.15) is 0 Å². The van der Waals surface area contributed by atoms with Crippen LogP contribution in [0.2, 0.25) is 5.02 Å². The molecule has 0 radical (unpaired) electrons. The Labute approximate surface area is 125 Å². The molecule has 1 N–H and O–H groups in total. The molecule has 0 atom stereocenters. The molecule has 19 heavy (non-hydrogen) atoms. The number of ketones is 1. The van der Waals surface area contributed by atoms with Gasteiger partial charge in [0.2, 0.25) is 0 Å². The van der Waals surface area contributed by atoms with Gasteiger partial charge in [-0.15, -0.1) is 0 Å². The number of benzene rings is 2. The number of halogens is 2. The quantitative estimate of drug-likeness (QED) is 0.635. The number of nitrogens with one attached hydrogen (secondary N) is 1. The molecule has 0 saturated heterocycles. The van der Waals surface area contributed by atoms with Crippen molar-refractivity contribution in [2.24, 2.45) is 0 Å². The molecule has 96 valence electrons. The van der Waals surface area contributed by atoms with Crippen LogP contribution < -0.4 is 5.32 Å². The second kappa shape index (κ2) is 6.55. The van der Waals surface area contributed by atoms with E-state index in [0.29, 0.717) is 10.6 Å². The lowest BCUT2D eigenvalue weighted by Gasteiger charge is -2.00. The van der Waals surface area contributed by atoms with Gasteiger partial charge in [-0.1, -0.05) is 27.5 Å². The van der Waals surface area contributed by atoms with Gasteiger partial charge in [0.05, 0.1) is 0 Å². The third-order valence-electron chi connectivity index (χ3n) is 2.46. The summed E-state index contributed by atoms with van der Waals surface area (Å²) in [6.07, 6.45) is 3.12. The average molecular weight is 337 g/mol. The molecule has 0 aromatic heterocycles. The van der Waals surface area contributed by atoms with Crippen LogP contribution >= 0.6 is 27.5 Å². The van der Waals surface area contributed by atoms with E-state index < -0.39 is 0 Å². The largest absolute Gasteiger partial charge is 0.362 e. The number of hydrogen-bond acceptors (Lipinski definition) is 2. The second-order valence-electron chi connectivity index (χ2n) is 3.86. The molecule has 0 fully saturated rings. The summed E-state index contributed by atoms with van der Waals surface area (Å²) in [5.41, 5.74) is 1.53. The van der Waals surface area contributed by atoms with Crippen LogP contribution in [-0.2, 0) is 0 Å². The maximum Gasteiger partial charge on any atom is 0.187 e. The van der Waals surface area contributed by atoms with Crippen LogP contribution in [0.15, 0.2) is 65.3 Å². The molecule has 0 unspecified atom stereocenters. The molecule has 0 spiro atoms. The summed E-state index contributed by atoms with van der Waals surface area (Å²) >= 11 is 9.13. The Hall–Kier alpha value is -1.58. The van der Waals surface area contributed by atoms with Crippen LogP contribution in [0.1, 0.15) is 10.4 Å².